The molecule has 106 valence electrons. The predicted molar refractivity (Wildman–Crippen MR) is 59.9 cm³/mol. The number of alkyl halides is 3. The fourth-order valence-corrected chi connectivity index (χ4v) is 1.47. The summed E-state index contributed by atoms with van der Waals surface area (Å²) >= 11 is 0. The van der Waals surface area contributed by atoms with Crippen LogP contribution in [0.25, 0.3) is 0 Å². The molecule has 1 aromatic carbocycles. The van der Waals surface area contributed by atoms with Crippen LogP contribution >= 0.6 is 0 Å². The minimum atomic E-state index is -4.82. The quantitative estimate of drug-likeness (QED) is 0.636. The largest absolute Gasteiger partial charge is 0.485 e. The minimum Gasteiger partial charge on any atom is -0.485 e. The third-order valence-electron chi connectivity index (χ3n) is 2.41. The molecule has 0 atom stereocenters. The first-order valence-electron chi connectivity index (χ1n) is 5.44. The van der Waals surface area contributed by atoms with Crippen LogP contribution in [0.3, 0.4) is 0 Å². The molecule has 0 amide bonds. The molecule has 0 aliphatic carbocycles. The van der Waals surface area contributed by atoms with E-state index in [0.29, 0.717) is 12.1 Å². The molecule has 0 fully saturated rings. The highest BCUT2D eigenvalue weighted by molar-refractivity contribution is 5.94. The van der Waals surface area contributed by atoms with Gasteiger partial charge in [0.1, 0.15) is 11.6 Å². The number of rotatable bonds is 4. The Kier molecular flexibility index (Phi) is 3.78. The maximum Gasteiger partial charge on any atom is 0.419 e. The average Bonchev–Trinajstić information content (AvgIpc) is 2.90. The number of carbonyl (C=O) groups excluding carboxylic acids is 1. The molecular weight excluding hydrogens is 280 g/mol. The van der Waals surface area contributed by atoms with E-state index >= 15 is 0 Å². The van der Waals surface area contributed by atoms with Gasteiger partial charge in [0.15, 0.2) is 12.4 Å². The molecule has 0 aliphatic rings. The van der Waals surface area contributed by atoms with Gasteiger partial charge in [-0.3, -0.25) is 4.79 Å². The Morgan fingerprint density at radius 1 is 1.25 bits per heavy atom. The van der Waals surface area contributed by atoms with Crippen molar-refractivity contribution in [3.05, 3.63) is 53.7 Å². The van der Waals surface area contributed by atoms with Crippen molar-refractivity contribution in [3.63, 3.8) is 0 Å². The molecule has 2 aromatic rings. The zero-order valence-corrected chi connectivity index (χ0v) is 9.91. The lowest BCUT2D eigenvalue weighted by Crippen LogP contribution is -2.12. The topological polar surface area (TPSA) is 39.4 Å². The van der Waals surface area contributed by atoms with E-state index in [1.807, 2.05) is 0 Å². The molecule has 0 unspecified atom stereocenters. The summed E-state index contributed by atoms with van der Waals surface area (Å²) in [5.74, 6) is -2.16. The van der Waals surface area contributed by atoms with Crippen molar-refractivity contribution in [1.29, 1.82) is 0 Å². The second-order valence-corrected chi connectivity index (χ2v) is 3.83. The van der Waals surface area contributed by atoms with Crippen molar-refractivity contribution in [3.8, 4) is 5.75 Å². The van der Waals surface area contributed by atoms with E-state index in [1.165, 1.54) is 18.4 Å². The standard InChI is InChI=1S/C13H8F4O3/c14-10-4-3-8(6-9(10)13(15,16)17)20-7-11(18)12-2-1-5-19-12/h1-6H,7H2. The van der Waals surface area contributed by atoms with Gasteiger partial charge in [-0.1, -0.05) is 0 Å². The number of ketones is 1. The van der Waals surface area contributed by atoms with Crippen LogP contribution < -0.4 is 4.74 Å². The number of furan rings is 1. The maximum atomic E-state index is 13.0. The van der Waals surface area contributed by atoms with Gasteiger partial charge in [0.2, 0.25) is 5.78 Å². The van der Waals surface area contributed by atoms with Crippen molar-refractivity contribution in [1.82, 2.24) is 0 Å². The third-order valence-corrected chi connectivity index (χ3v) is 2.41. The molecule has 1 heterocycles. The Hall–Kier alpha value is -2.31. The summed E-state index contributed by atoms with van der Waals surface area (Å²) in [6, 6.07) is 5.05. The van der Waals surface area contributed by atoms with E-state index in [4.69, 9.17) is 9.15 Å². The van der Waals surface area contributed by atoms with Crippen LogP contribution in [-0.4, -0.2) is 12.4 Å². The predicted octanol–water partition coefficient (Wildman–Crippen LogP) is 3.70. The minimum absolute atomic E-state index is 0.0307. The molecule has 0 aliphatic heterocycles. The van der Waals surface area contributed by atoms with Gasteiger partial charge in [0.05, 0.1) is 11.8 Å². The second kappa shape index (κ2) is 5.36. The number of hydrogen-bond donors (Lipinski definition) is 0. The molecule has 0 spiro atoms. The molecule has 2 rings (SSSR count). The SMILES string of the molecule is O=C(COc1ccc(F)c(C(F)(F)F)c1)c1ccco1. The molecule has 0 bridgehead atoms. The Balaban J connectivity index is 2.09. The number of carbonyl (C=O) groups is 1. The summed E-state index contributed by atoms with van der Waals surface area (Å²) in [5, 5.41) is 0. The van der Waals surface area contributed by atoms with Crippen LogP contribution in [0.1, 0.15) is 16.1 Å². The van der Waals surface area contributed by atoms with Crippen molar-refractivity contribution < 1.29 is 31.5 Å². The van der Waals surface area contributed by atoms with Crippen LogP contribution in [0.4, 0.5) is 17.6 Å². The number of Topliss-reactive ketones (excluding diaryl/α,β-unsaturated/α-hetero) is 1. The van der Waals surface area contributed by atoms with Crippen LogP contribution in [0.5, 0.6) is 5.75 Å². The lowest BCUT2D eigenvalue weighted by molar-refractivity contribution is -0.140. The van der Waals surface area contributed by atoms with Crippen LogP contribution in [0.2, 0.25) is 0 Å². The van der Waals surface area contributed by atoms with Crippen LogP contribution in [-0.2, 0) is 6.18 Å². The van der Waals surface area contributed by atoms with Gasteiger partial charge in [0, 0.05) is 0 Å². The van der Waals surface area contributed by atoms with Gasteiger partial charge < -0.3 is 9.15 Å². The highest BCUT2D eigenvalue weighted by atomic mass is 19.4. The fraction of sp³-hybridized carbons (Fsp3) is 0.154. The summed E-state index contributed by atoms with van der Waals surface area (Å²) in [4.78, 5) is 11.5. The highest BCUT2D eigenvalue weighted by Crippen LogP contribution is 2.33. The van der Waals surface area contributed by atoms with Gasteiger partial charge in [-0.15, -0.1) is 0 Å². The van der Waals surface area contributed by atoms with E-state index in [9.17, 15) is 22.4 Å². The Morgan fingerprint density at radius 2 is 2.00 bits per heavy atom. The molecule has 0 saturated carbocycles. The summed E-state index contributed by atoms with van der Waals surface area (Å²) in [5.41, 5.74) is -1.44. The molecule has 7 heteroatoms. The molecule has 0 N–H and O–H groups in total. The van der Waals surface area contributed by atoms with Gasteiger partial charge in [0.25, 0.3) is 0 Å². The summed E-state index contributed by atoms with van der Waals surface area (Å²) < 4.78 is 60.2. The van der Waals surface area contributed by atoms with Gasteiger partial charge >= 0.3 is 6.18 Å². The fourth-order valence-electron chi connectivity index (χ4n) is 1.47. The Bertz CT molecular complexity index is 603. The van der Waals surface area contributed by atoms with Gasteiger partial charge in [-0.05, 0) is 30.3 Å². The molecule has 3 nitrogen and oxygen atoms in total. The summed E-state index contributed by atoms with van der Waals surface area (Å²) in [6.45, 7) is -0.504. The first kappa shape index (κ1) is 14.1. The molecule has 0 saturated heterocycles. The van der Waals surface area contributed by atoms with Gasteiger partial charge in [-0.25, -0.2) is 4.39 Å². The van der Waals surface area contributed by atoms with Crippen molar-refractivity contribution >= 4 is 5.78 Å². The Morgan fingerprint density at radius 3 is 2.60 bits per heavy atom. The molecular formula is C13H8F4O3. The van der Waals surface area contributed by atoms with Crippen molar-refractivity contribution in [2.75, 3.05) is 6.61 Å². The Labute approximate surface area is 110 Å². The number of halogens is 4. The normalized spacial score (nSPS) is 11.4. The molecule has 1 aromatic heterocycles. The van der Waals surface area contributed by atoms with Crippen LogP contribution in [0, 0.1) is 5.82 Å². The molecule has 20 heavy (non-hydrogen) atoms. The van der Waals surface area contributed by atoms with Crippen molar-refractivity contribution in [2.24, 2.45) is 0 Å². The maximum absolute atomic E-state index is 13.0. The monoisotopic (exact) mass is 288 g/mol. The first-order chi connectivity index (χ1) is 9.38. The van der Waals surface area contributed by atoms with E-state index in [1.54, 1.807) is 0 Å². The number of hydrogen-bond acceptors (Lipinski definition) is 3. The molecule has 0 radical (unpaired) electrons. The van der Waals surface area contributed by atoms with E-state index in [2.05, 4.69) is 0 Å². The average molecular weight is 288 g/mol. The second-order valence-electron chi connectivity index (χ2n) is 3.83. The van der Waals surface area contributed by atoms with Crippen LogP contribution in [0.15, 0.2) is 41.0 Å². The van der Waals surface area contributed by atoms with E-state index in [-0.39, 0.29) is 11.5 Å². The lowest BCUT2D eigenvalue weighted by atomic mass is 10.2. The third kappa shape index (κ3) is 3.17. The number of ether oxygens (including phenoxy) is 1. The number of benzene rings is 1. The lowest BCUT2D eigenvalue weighted by Gasteiger charge is -2.10. The summed E-state index contributed by atoms with van der Waals surface area (Å²) in [7, 11) is 0. The summed E-state index contributed by atoms with van der Waals surface area (Å²) in [6.07, 6.45) is -3.54. The van der Waals surface area contributed by atoms with E-state index in [0.717, 1.165) is 6.07 Å². The van der Waals surface area contributed by atoms with Gasteiger partial charge in [-0.2, -0.15) is 13.2 Å². The van der Waals surface area contributed by atoms with E-state index < -0.39 is 29.9 Å². The first-order valence-corrected chi connectivity index (χ1v) is 5.44. The highest BCUT2D eigenvalue weighted by Gasteiger charge is 2.34. The zero-order chi connectivity index (χ0) is 14.8. The zero-order valence-electron chi connectivity index (χ0n) is 9.91. The smallest absolute Gasteiger partial charge is 0.419 e. The van der Waals surface area contributed by atoms with Crippen molar-refractivity contribution in [2.45, 2.75) is 6.18 Å².